The van der Waals surface area contributed by atoms with Crippen molar-refractivity contribution < 1.29 is 19.2 Å². The fraction of sp³-hybridized carbons (Fsp3) is 0.312. The minimum absolute atomic E-state index is 0.000993. The smallest absolute Gasteiger partial charge is 0.339 e. The number of esters is 1. The molecule has 132 valence electrons. The second kappa shape index (κ2) is 7.56. The van der Waals surface area contributed by atoms with E-state index in [9.17, 15) is 19.7 Å². The van der Waals surface area contributed by atoms with Gasteiger partial charge >= 0.3 is 5.97 Å². The van der Waals surface area contributed by atoms with Crippen LogP contribution in [0.15, 0.2) is 36.5 Å². The molecule has 1 aromatic carbocycles. The topological polar surface area (TPSA) is 116 Å². The molecule has 0 aliphatic heterocycles. The number of nitrogens with one attached hydrogen (secondary N) is 1. The minimum atomic E-state index is -1.08. The molecule has 0 unspecified atom stereocenters. The van der Waals surface area contributed by atoms with Crippen LogP contribution in [-0.4, -0.2) is 32.7 Å². The number of carbonyl (C=O) groups is 2. The maximum atomic E-state index is 12.2. The molecule has 9 nitrogen and oxygen atoms in total. The first kappa shape index (κ1) is 18.1. The molecule has 9 heteroatoms. The quantitative estimate of drug-likeness (QED) is 0.488. The summed E-state index contributed by atoms with van der Waals surface area (Å²) in [6.07, 6.45) is 0.470. The molecule has 0 aliphatic carbocycles. The van der Waals surface area contributed by atoms with E-state index in [2.05, 4.69) is 10.4 Å². The molecule has 1 N–H and O–H groups in total. The Kier molecular flexibility index (Phi) is 5.48. The van der Waals surface area contributed by atoms with Gasteiger partial charge in [-0.25, -0.2) is 9.48 Å². The van der Waals surface area contributed by atoms with Gasteiger partial charge in [-0.2, -0.15) is 5.10 Å². The van der Waals surface area contributed by atoms with E-state index in [1.807, 2.05) is 13.8 Å². The lowest BCUT2D eigenvalue weighted by Crippen LogP contribution is -2.31. The molecule has 25 heavy (non-hydrogen) atoms. The van der Waals surface area contributed by atoms with Gasteiger partial charge in [0.15, 0.2) is 6.10 Å². The number of carbonyl (C=O) groups excluding carboxylic acids is 2. The highest BCUT2D eigenvalue weighted by Crippen LogP contribution is 2.16. The van der Waals surface area contributed by atoms with E-state index in [1.165, 1.54) is 25.1 Å². The van der Waals surface area contributed by atoms with Gasteiger partial charge in [-0.1, -0.05) is 6.07 Å². The van der Waals surface area contributed by atoms with Gasteiger partial charge in [-0.3, -0.25) is 14.9 Å². The number of hydrogen-bond acceptors (Lipinski definition) is 6. The number of hydrogen-bond donors (Lipinski definition) is 1. The van der Waals surface area contributed by atoms with Crippen molar-refractivity contribution >= 4 is 23.4 Å². The van der Waals surface area contributed by atoms with Crippen molar-refractivity contribution in [3.8, 4) is 0 Å². The van der Waals surface area contributed by atoms with Crippen LogP contribution in [0, 0.1) is 10.1 Å². The Labute approximate surface area is 143 Å². The number of aromatic nitrogens is 2. The summed E-state index contributed by atoms with van der Waals surface area (Å²) >= 11 is 0. The zero-order valence-electron chi connectivity index (χ0n) is 14.0. The molecule has 0 fully saturated rings. The monoisotopic (exact) mass is 346 g/mol. The Hall–Kier alpha value is -3.23. The van der Waals surface area contributed by atoms with Crippen LogP contribution < -0.4 is 5.32 Å². The largest absolute Gasteiger partial charge is 0.449 e. The van der Waals surface area contributed by atoms with Crippen LogP contribution >= 0.6 is 0 Å². The Bertz CT molecular complexity index is 799. The van der Waals surface area contributed by atoms with E-state index in [0.717, 1.165) is 6.07 Å². The van der Waals surface area contributed by atoms with Crippen molar-refractivity contribution in [3.63, 3.8) is 0 Å². The van der Waals surface area contributed by atoms with Gasteiger partial charge < -0.3 is 10.1 Å². The fourth-order valence-corrected chi connectivity index (χ4v) is 2.08. The van der Waals surface area contributed by atoms with Crippen LogP contribution in [0.2, 0.25) is 0 Å². The van der Waals surface area contributed by atoms with E-state index >= 15 is 0 Å². The number of non-ortho nitro benzene ring substituents is 1. The summed E-state index contributed by atoms with van der Waals surface area (Å²) in [5.41, 5.74) is -0.228. The van der Waals surface area contributed by atoms with E-state index in [1.54, 1.807) is 16.9 Å². The summed E-state index contributed by atoms with van der Waals surface area (Å²) in [6.45, 7) is 5.24. The maximum absolute atomic E-state index is 12.2. The summed E-state index contributed by atoms with van der Waals surface area (Å²) < 4.78 is 6.70. The van der Waals surface area contributed by atoms with Crippen molar-refractivity contribution in [2.24, 2.45) is 0 Å². The lowest BCUT2D eigenvalue weighted by Gasteiger charge is -2.15. The highest BCUT2D eigenvalue weighted by atomic mass is 16.6. The third kappa shape index (κ3) is 4.40. The number of amides is 1. The van der Waals surface area contributed by atoms with Gasteiger partial charge in [-0.15, -0.1) is 0 Å². The Morgan fingerprint density at radius 1 is 1.28 bits per heavy atom. The average molecular weight is 346 g/mol. The molecule has 0 saturated heterocycles. The SMILES string of the molecule is CC(C)n1nccc1NC(=O)[C@H](C)OC(=O)c1cccc([N+](=O)[O-])c1. The van der Waals surface area contributed by atoms with Crippen molar-refractivity contribution in [2.45, 2.75) is 32.9 Å². The molecule has 0 radical (unpaired) electrons. The standard InChI is InChI=1S/C16H18N4O5/c1-10(2)19-14(7-8-17-19)18-15(21)11(3)25-16(22)12-5-4-6-13(9-12)20(23)24/h4-11H,1-3H3,(H,18,21)/t11-/m0/s1. The molecule has 2 aromatic rings. The van der Waals surface area contributed by atoms with Gasteiger partial charge in [0.2, 0.25) is 0 Å². The highest BCUT2D eigenvalue weighted by Gasteiger charge is 2.21. The zero-order valence-corrected chi connectivity index (χ0v) is 14.0. The Balaban J connectivity index is 2.03. The Morgan fingerprint density at radius 3 is 2.64 bits per heavy atom. The molecular formula is C16H18N4O5. The first-order chi connectivity index (χ1) is 11.8. The number of rotatable bonds is 6. The fourth-order valence-electron chi connectivity index (χ4n) is 2.08. The van der Waals surface area contributed by atoms with Gasteiger partial charge in [-0.05, 0) is 26.8 Å². The summed E-state index contributed by atoms with van der Waals surface area (Å²) in [5, 5.41) is 17.5. The predicted molar refractivity (Wildman–Crippen MR) is 89.2 cm³/mol. The lowest BCUT2D eigenvalue weighted by molar-refractivity contribution is -0.384. The zero-order chi connectivity index (χ0) is 18.6. The second-order valence-corrected chi connectivity index (χ2v) is 5.60. The molecular weight excluding hydrogens is 328 g/mol. The molecule has 1 aromatic heterocycles. The van der Waals surface area contributed by atoms with Crippen LogP contribution in [0.5, 0.6) is 0 Å². The van der Waals surface area contributed by atoms with Crippen LogP contribution in [0.4, 0.5) is 11.5 Å². The van der Waals surface area contributed by atoms with Gasteiger partial charge in [0, 0.05) is 24.2 Å². The van der Waals surface area contributed by atoms with Crippen molar-refractivity contribution in [3.05, 3.63) is 52.2 Å². The van der Waals surface area contributed by atoms with Crippen LogP contribution in [-0.2, 0) is 9.53 Å². The van der Waals surface area contributed by atoms with Gasteiger partial charge in [0.1, 0.15) is 5.82 Å². The first-order valence-corrected chi connectivity index (χ1v) is 7.59. The predicted octanol–water partition coefficient (Wildman–Crippen LogP) is 2.56. The average Bonchev–Trinajstić information content (AvgIpc) is 3.03. The van der Waals surface area contributed by atoms with Gasteiger partial charge in [0.25, 0.3) is 11.6 Å². The lowest BCUT2D eigenvalue weighted by atomic mass is 10.2. The molecule has 0 saturated carbocycles. The molecule has 2 rings (SSSR count). The number of benzene rings is 1. The van der Waals surface area contributed by atoms with Crippen LogP contribution in [0.25, 0.3) is 0 Å². The Morgan fingerprint density at radius 2 is 2.00 bits per heavy atom. The third-order valence-electron chi connectivity index (χ3n) is 3.36. The number of nitrogens with zero attached hydrogens (tertiary/aromatic N) is 3. The molecule has 0 spiro atoms. The van der Waals surface area contributed by atoms with E-state index in [4.69, 9.17) is 4.74 Å². The number of ether oxygens (including phenoxy) is 1. The van der Waals surface area contributed by atoms with Crippen LogP contribution in [0.1, 0.15) is 37.2 Å². The molecule has 1 heterocycles. The molecule has 0 bridgehead atoms. The van der Waals surface area contributed by atoms with E-state index < -0.39 is 22.9 Å². The van der Waals surface area contributed by atoms with Crippen LogP contribution in [0.3, 0.4) is 0 Å². The number of nitro benzene ring substituents is 1. The summed E-state index contributed by atoms with van der Waals surface area (Å²) in [6, 6.07) is 6.80. The number of anilines is 1. The van der Waals surface area contributed by atoms with Crippen molar-refractivity contribution in [1.82, 2.24) is 9.78 Å². The summed E-state index contributed by atoms with van der Waals surface area (Å²) in [5.74, 6) is -0.858. The third-order valence-corrected chi connectivity index (χ3v) is 3.36. The molecule has 0 aliphatic rings. The molecule has 1 atom stereocenters. The van der Waals surface area contributed by atoms with E-state index in [0.29, 0.717) is 5.82 Å². The normalized spacial score (nSPS) is 11.8. The van der Waals surface area contributed by atoms with Crippen molar-refractivity contribution in [2.75, 3.05) is 5.32 Å². The van der Waals surface area contributed by atoms with Crippen molar-refractivity contribution in [1.29, 1.82) is 0 Å². The first-order valence-electron chi connectivity index (χ1n) is 7.59. The second-order valence-electron chi connectivity index (χ2n) is 5.60. The number of nitro groups is 1. The highest BCUT2D eigenvalue weighted by molar-refractivity contribution is 5.97. The van der Waals surface area contributed by atoms with E-state index in [-0.39, 0.29) is 17.3 Å². The summed E-state index contributed by atoms with van der Waals surface area (Å²) in [4.78, 5) is 34.4. The maximum Gasteiger partial charge on any atom is 0.339 e. The van der Waals surface area contributed by atoms with Gasteiger partial charge in [0.05, 0.1) is 16.7 Å². The minimum Gasteiger partial charge on any atom is -0.449 e. The summed E-state index contributed by atoms with van der Waals surface area (Å²) in [7, 11) is 0. The molecule has 1 amide bonds.